The molecule has 0 saturated carbocycles. The Morgan fingerprint density at radius 1 is 1.06 bits per heavy atom. The number of nitrogens with one attached hydrogen (secondary N) is 1. The number of hydrogen-bond acceptors (Lipinski definition) is 4. The number of hydrogen-bond donors (Lipinski definition) is 1. The second kappa shape index (κ2) is 9.45. The number of piperazine rings is 1. The van der Waals surface area contributed by atoms with Crippen LogP contribution >= 0.6 is 11.6 Å². The van der Waals surface area contributed by atoms with Gasteiger partial charge in [-0.05, 0) is 48.0 Å². The quantitative estimate of drug-likeness (QED) is 0.613. The fraction of sp³-hybridized carbons (Fsp3) is 0.273. The van der Waals surface area contributed by atoms with Crippen molar-refractivity contribution in [3.8, 4) is 17.0 Å². The van der Waals surface area contributed by atoms with Gasteiger partial charge in [-0.2, -0.15) is 13.9 Å². The van der Waals surface area contributed by atoms with Gasteiger partial charge in [-0.25, -0.2) is 0 Å². The van der Waals surface area contributed by atoms with E-state index in [0.717, 1.165) is 24.7 Å². The van der Waals surface area contributed by atoms with Crippen LogP contribution in [0.15, 0.2) is 54.6 Å². The van der Waals surface area contributed by atoms with Crippen molar-refractivity contribution >= 4 is 17.5 Å². The fourth-order valence-corrected chi connectivity index (χ4v) is 3.64. The molecule has 1 aliphatic rings. The van der Waals surface area contributed by atoms with Crippen LogP contribution in [0.2, 0.25) is 5.02 Å². The molecule has 0 unspecified atom stereocenters. The van der Waals surface area contributed by atoms with Gasteiger partial charge < -0.3 is 9.64 Å². The Morgan fingerprint density at radius 2 is 1.74 bits per heavy atom. The molecule has 2 heterocycles. The van der Waals surface area contributed by atoms with Gasteiger partial charge in [-0.3, -0.25) is 14.8 Å². The average Bonchev–Trinajstić information content (AvgIpc) is 3.26. The lowest BCUT2D eigenvalue weighted by atomic mass is 10.1. The maximum absolute atomic E-state index is 12.8. The van der Waals surface area contributed by atoms with E-state index < -0.39 is 6.61 Å². The predicted molar refractivity (Wildman–Crippen MR) is 113 cm³/mol. The summed E-state index contributed by atoms with van der Waals surface area (Å²) >= 11 is 5.93. The summed E-state index contributed by atoms with van der Waals surface area (Å²) in [7, 11) is 0. The number of nitrogens with zero attached hydrogens (tertiary/aromatic N) is 3. The molecule has 1 saturated heterocycles. The van der Waals surface area contributed by atoms with Gasteiger partial charge in [0, 0.05) is 43.3 Å². The highest BCUT2D eigenvalue weighted by Crippen LogP contribution is 2.23. The van der Waals surface area contributed by atoms with Gasteiger partial charge in [0.15, 0.2) is 0 Å². The topological polar surface area (TPSA) is 61.5 Å². The number of aromatic amines is 1. The molecule has 0 atom stereocenters. The number of carbonyl (C=O) groups is 1. The Hall–Kier alpha value is -2.97. The molecule has 1 N–H and O–H groups in total. The summed E-state index contributed by atoms with van der Waals surface area (Å²) in [4.78, 5) is 16.9. The molecule has 6 nitrogen and oxygen atoms in total. The molecule has 31 heavy (non-hydrogen) atoms. The molecule has 162 valence electrons. The van der Waals surface area contributed by atoms with Crippen LogP contribution in [-0.4, -0.2) is 58.7 Å². The number of alkyl halides is 2. The fourth-order valence-electron chi connectivity index (χ4n) is 3.51. The minimum Gasteiger partial charge on any atom is -0.435 e. The van der Waals surface area contributed by atoms with Crippen molar-refractivity contribution in [3.05, 3.63) is 70.9 Å². The predicted octanol–water partition coefficient (Wildman–Crippen LogP) is 4.29. The van der Waals surface area contributed by atoms with E-state index in [1.807, 2.05) is 24.3 Å². The van der Waals surface area contributed by atoms with Gasteiger partial charge in [0.25, 0.3) is 5.91 Å². The Kier molecular flexibility index (Phi) is 6.48. The molecule has 0 spiro atoms. The lowest BCUT2D eigenvalue weighted by Crippen LogP contribution is -2.48. The van der Waals surface area contributed by atoms with Crippen molar-refractivity contribution in [2.45, 2.75) is 13.2 Å². The molecular weight excluding hydrogens is 426 g/mol. The maximum atomic E-state index is 12.8. The van der Waals surface area contributed by atoms with Crippen molar-refractivity contribution in [1.29, 1.82) is 0 Å². The first kappa shape index (κ1) is 21.3. The van der Waals surface area contributed by atoms with Crippen molar-refractivity contribution < 1.29 is 18.3 Å². The molecule has 1 amide bonds. The molecular formula is C22H21ClF2N4O2. The number of halogens is 3. The zero-order valence-corrected chi connectivity index (χ0v) is 17.4. The third-order valence-electron chi connectivity index (χ3n) is 5.16. The average molecular weight is 447 g/mol. The first-order chi connectivity index (χ1) is 15.0. The van der Waals surface area contributed by atoms with Crippen LogP contribution in [0.5, 0.6) is 5.75 Å². The lowest BCUT2D eigenvalue weighted by molar-refractivity contribution is -0.0498. The Balaban J connectivity index is 1.33. The highest BCUT2D eigenvalue weighted by atomic mass is 35.5. The number of rotatable bonds is 6. The van der Waals surface area contributed by atoms with Crippen molar-refractivity contribution in [2.75, 3.05) is 26.2 Å². The molecule has 1 aliphatic heterocycles. The summed E-state index contributed by atoms with van der Waals surface area (Å²) in [6.45, 7) is 0.758. The zero-order valence-electron chi connectivity index (χ0n) is 16.6. The van der Waals surface area contributed by atoms with Gasteiger partial charge in [0.1, 0.15) is 11.4 Å². The number of carbonyl (C=O) groups excluding carboxylic acids is 1. The van der Waals surface area contributed by atoms with Crippen LogP contribution in [-0.2, 0) is 6.54 Å². The van der Waals surface area contributed by atoms with Gasteiger partial charge in [-0.1, -0.05) is 23.7 Å². The molecule has 0 bridgehead atoms. The number of benzene rings is 2. The number of aromatic nitrogens is 2. The molecule has 0 aliphatic carbocycles. The standard InChI is InChI=1S/C22H21ClF2N4O2/c23-17-5-1-15(2-6-17)14-28-9-11-29(12-10-28)21(30)20-13-19(26-27-20)16-3-7-18(8-4-16)31-22(24)25/h1-8,13,22H,9-12,14H2,(H,26,27). The van der Waals surface area contributed by atoms with Crippen LogP contribution in [0.4, 0.5) is 8.78 Å². The van der Waals surface area contributed by atoms with E-state index in [-0.39, 0.29) is 11.7 Å². The van der Waals surface area contributed by atoms with Gasteiger partial charge in [-0.15, -0.1) is 0 Å². The summed E-state index contributed by atoms with van der Waals surface area (Å²) in [5, 5.41) is 7.69. The number of ether oxygens (including phenoxy) is 1. The van der Waals surface area contributed by atoms with Crippen LogP contribution in [0.25, 0.3) is 11.3 Å². The van der Waals surface area contributed by atoms with Crippen LogP contribution in [0.1, 0.15) is 16.1 Å². The molecule has 1 fully saturated rings. The zero-order chi connectivity index (χ0) is 21.8. The van der Waals surface area contributed by atoms with Crippen LogP contribution in [0.3, 0.4) is 0 Å². The number of amides is 1. The third-order valence-corrected chi connectivity index (χ3v) is 5.41. The maximum Gasteiger partial charge on any atom is 0.387 e. The van der Waals surface area contributed by atoms with E-state index in [9.17, 15) is 13.6 Å². The van der Waals surface area contributed by atoms with Crippen molar-refractivity contribution in [1.82, 2.24) is 20.0 Å². The summed E-state index contributed by atoms with van der Waals surface area (Å²) in [5.41, 5.74) is 2.85. The Bertz CT molecular complexity index is 1020. The second-order valence-electron chi connectivity index (χ2n) is 7.26. The van der Waals surface area contributed by atoms with Gasteiger partial charge >= 0.3 is 6.61 Å². The first-order valence-corrected chi connectivity index (χ1v) is 10.2. The lowest BCUT2D eigenvalue weighted by Gasteiger charge is -2.34. The molecule has 2 aromatic carbocycles. The molecule has 4 rings (SSSR count). The minimum atomic E-state index is -2.87. The van der Waals surface area contributed by atoms with E-state index in [0.29, 0.717) is 30.0 Å². The van der Waals surface area contributed by atoms with Gasteiger partial charge in [0.05, 0.1) is 5.69 Å². The van der Waals surface area contributed by atoms with Crippen molar-refractivity contribution in [3.63, 3.8) is 0 Å². The van der Waals surface area contributed by atoms with E-state index in [1.54, 1.807) is 23.1 Å². The number of H-pyrrole nitrogens is 1. The summed E-state index contributed by atoms with van der Waals surface area (Å²) in [5.74, 6) is -0.0374. The van der Waals surface area contributed by atoms with Crippen LogP contribution in [0, 0.1) is 0 Å². The highest BCUT2D eigenvalue weighted by Gasteiger charge is 2.23. The normalized spacial score (nSPS) is 14.8. The largest absolute Gasteiger partial charge is 0.435 e. The smallest absolute Gasteiger partial charge is 0.387 e. The van der Waals surface area contributed by atoms with E-state index in [2.05, 4.69) is 19.8 Å². The molecule has 0 radical (unpaired) electrons. The monoisotopic (exact) mass is 446 g/mol. The minimum absolute atomic E-state index is 0.0713. The summed E-state index contributed by atoms with van der Waals surface area (Å²) in [6, 6.07) is 15.6. The molecule has 9 heteroatoms. The summed E-state index contributed by atoms with van der Waals surface area (Å²) in [6.07, 6.45) is 0. The second-order valence-corrected chi connectivity index (χ2v) is 7.70. The van der Waals surface area contributed by atoms with Crippen LogP contribution < -0.4 is 4.74 Å². The Morgan fingerprint density at radius 3 is 2.39 bits per heavy atom. The SMILES string of the molecule is O=C(c1cc(-c2ccc(OC(F)F)cc2)n[nH]1)N1CCN(Cc2ccc(Cl)cc2)CC1. The molecule has 1 aromatic heterocycles. The van der Waals surface area contributed by atoms with E-state index in [1.165, 1.54) is 17.7 Å². The summed E-state index contributed by atoms with van der Waals surface area (Å²) < 4.78 is 28.9. The van der Waals surface area contributed by atoms with Crippen molar-refractivity contribution in [2.24, 2.45) is 0 Å². The highest BCUT2D eigenvalue weighted by molar-refractivity contribution is 6.30. The first-order valence-electron chi connectivity index (χ1n) is 9.84. The Labute approximate surface area is 183 Å². The molecule has 3 aromatic rings. The van der Waals surface area contributed by atoms with Gasteiger partial charge in [0.2, 0.25) is 0 Å². The van der Waals surface area contributed by atoms with E-state index >= 15 is 0 Å². The third kappa shape index (κ3) is 5.39. The van der Waals surface area contributed by atoms with E-state index in [4.69, 9.17) is 11.6 Å².